The maximum Gasteiger partial charge on any atom is 0.340 e. The van der Waals surface area contributed by atoms with Gasteiger partial charge in [0, 0.05) is 17.0 Å². The predicted molar refractivity (Wildman–Crippen MR) is 146 cm³/mol. The fourth-order valence-corrected chi connectivity index (χ4v) is 4.56. The molecule has 1 saturated heterocycles. The minimum atomic E-state index is -1.37. The van der Waals surface area contributed by atoms with Crippen LogP contribution < -0.4 is 11.2 Å². The molecule has 11 heteroatoms. The van der Waals surface area contributed by atoms with E-state index in [2.05, 4.69) is 0 Å². The topological polar surface area (TPSA) is 106 Å². The van der Waals surface area contributed by atoms with E-state index in [0.717, 1.165) is 10.1 Å². The summed E-state index contributed by atoms with van der Waals surface area (Å²) in [6.07, 6.45) is -1.92. The molecule has 3 aromatic carbocycles. The lowest BCUT2D eigenvalue weighted by Gasteiger charge is -2.19. The molecule has 5 rings (SSSR count). The normalized spacial score (nSPS) is 18.2. The number of hydrogen-bond acceptors (Lipinski definition) is 7. The molecule has 0 aliphatic carbocycles. The van der Waals surface area contributed by atoms with E-state index < -0.39 is 47.4 Å². The predicted octanol–water partition coefficient (Wildman–Crippen LogP) is 4.22. The summed E-state index contributed by atoms with van der Waals surface area (Å²) in [5.41, 5.74) is -1.27. The van der Waals surface area contributed by atoms with Crippen molar-refractivity contribution in [1.82, 2.24) is 9.13 Å². The van der Waals surface area contributed by atoms with Gasteiger partial charge in [-0.15, -0.1) is 0 Å². The first-order valence-electron chi connectivity index (χ1n) is 12.7. The van der Waals surface area contributed by atoms with E-state index in [1.807, 2.05) is 0 Å². The Bertz CT molecular complexity index is 1660. The van der Waals surface area contributed by atoms with Crippen molar-refractivity contribution < 1.29 is 28.2 Å². The molecule has 4 aromatic rings. The molecule has 0 bridgehead atoms. The summed E-state index contributed by atoms with van der Waals surface area (Å²) < 4.78 is 33.4. The summed E-state index contributed by atoms with van der Waals surface area (Å²) in [5.74, 6) is -2.87. The number of benzene rings is 3. The second-order valence-corrected chi connectivity index (χ2v) is 9.72. The smallest absolute Gasteiger partial charge is 0.340 e. The highest BCUT2D eigenvalue weighted by Gasteiger charge is 2.39. The van der Waals surface area contributed by atoms with E-state index in [1.54, 1.807) is 72.8 Å². The molecule has 210 valence electrons. The van der Waals surface area contributed by atoms with E-state index in [0.29, 0.717) is 16.8 Å². The van der Waals surface area contributed by atoms with E-state index in [1.165, 1.54) is 12.1 Å². The van der Waals surface area contributed by atoms with Crippen LogP contribution in [-0.2, 0) is 20.8 Å². The van der Waals surface area contributed by atoms with Gasteiger partial charge in [0.05, 0.1) is 24.5 Å². The number of aromatic nitrogens is 2. The van der Waals surface area contributed by atoms with Crippen molar-refractivity contribution in [3.63, 3.8) is 0 Å². The molecule has 3 atom stereocenters. The summed E-state index contributed by atoms with van der Waals surface area (Å²) in [4.78, 5) is 51.4. The Labute approximate surface area is 238 Å². The van der Waals surface area contributed by atoms with Crippen LogP contribution in [-0.4, -0.2) is 39.8 Å². The molecule has 2 heterocycles. The Kier molecular flexibility index (Phi) is 8.53. The first kappa shape index (κ1) is 28.2. The monoisotopic (exact) mass is 578 g/mol. The molecule has 0 N–H and O–H groups in total. The Hall–Kier alpha value is -4.38. The average molecular weight is 579 g/mol. The Morgan fingerprint density at radius 2 is 1.56 bits per heavy atom. The van der Waals surface area contributed by atoms with Gasteiger partial charge in [0.2, 0.25) is 5.82 Å². The summed E-state index contributed by atoms with van der Waals surface area (Å²) in [6.45, 7) is -0.0778. The van der Waals surface area contributed by atoms with Gasteiger partial charge < -0.3 is 14.2 Å². The van der Waals surface area contributed by atoms with E-state index >= 15 is 0 Å². The lowest BCUT2D eigenvalue weighted by Crippen LogP contribution is -2.46. The van der Waals surface area contributed by atoms with Crippen LogP contribution in [0.4, 0.5) is 4.39 Å². The van der Waals surface area contributed by atoms with E-state index in [4.69, 9.17) is 25.8 Å². The van der Waals surface area contributed by atoms with Gasteiger partial charge in [0.15, 0.2) is 0 Å². The van der Waals surface area contributed by atoms with Crippen molar-refractivity contribution >= 4 is 23.5 Å². The van der Waals surface area contributed by atoms with Gasteiger partial charge in [-0.3, -0.25) is 14.2 Å². The summed E-state index contributed by atoms with van der Waals surface area (Å²) in [7, 11) is 0. The molecule has 0 saturated carbocycles. The molecule has 1 fully saturated rings. The average Bonchev–Trinajstić information content (AvgIpc) is 3.41. The Morgan fingerprint density at radius 3 is 2.22 bits per heavy atom. The maximum atomic E-state index is 14.8. The molecule has 0 radical (unpaired) electrons. The third-order valence-corrected chi connectivity index (χ3v) is 6.80. The molecule has 0 amide bonds. The Morgan fingerprint density at radius 1 is 0.927 bits per heavy atom. The number of halogens is 2. The minimum Gasteiger partial charge on any atom is -0.459 e. The van der Waals surface area contributed by atoms with Gasteiger partial charge >= 0.3 is 11.7 Å². The van der Waals surface area contributed by atoms with Crippen LogP contribution in [0.5, 0.6) is 0 Å². The van der Waals surface area contributed by atoms with Crippen molar-refractivity contribution in [2.45, 2.75) is 31.5 Å². The van der Waals surface area contributed by atoms with E-state index in [-0.39, 0.29) is 29.8 Å². The van der Waals surface area contributed by atoms with Gasteiger partial charge in [0.25, 0.3) is 11.5 Å². The first-order valence-corrected chi connectivity index (χ1v) is 13.1. The van der Waals surface area contributed by atoms with Gasteiger partial charge in [0.1, 0.15) is 18.9 Å². The van der Waals surface area contributed by atoms with Crippen LogP contribution in [0.3, 0.4) is 0 Å². The number of carbonyl (C=O) groups excluding carboxylic acids is 2. The van der Waals surface area contributed by atoms with Gasteiger partial charge in [-0.1, -0.05) is 60.1 Å². The fraction of sp³-hybridized carbons (Fsp3) is 0.200. The summed E-state index contributed by atoms with van der Waals surface area (Å²) in [6, 6.07) is 22.9. The van der Waals surface area contributed by atoms with Gasteiger partial charge in [-0.25, -0.2) is 9.59 Å². The summed E-state index contributed by atoms with van der Waals surface area (Å²) in [5, 5.41) is 0.560. The first-order chi connectivity index (χ1) is 19.8. The third kappa shape index (κ3) is 6.35. The second kappa shape index (κ2) is 12.4. The number of nitrogens with zero attached hydrogens (tertiary/aromatic N) is 2. The highest BCUT2D eigenvalue weighted by molar-refractivity contribution is 6.30. The number of hydrogen-bond donors (Lipinski definition) is 0. The maximum absolute atomic E-state index is 14.8. The molecule has 41 heavy (non-hydrogen) atoms. The minimum absolute atomic E-state index is 0.0334. The molecule has 1 aliphatic heterocycles. The van der Waals surface area contributed by atoms with Crippen molar-refractivity contribution in [3.05, 3.63) is 139 Å². The number of esters is 1. The second-order valence-electron chi connectivity index (χ2n) is 9.28. The Balaban J connectivity index is 1.41. The molecule has 1 aliphatic rings. The summed E-state index contributed by atoms with van der Waals surface area (Å²) >= 11 is 5.96. The van der Waals surface area contributed by atoms with Crippen LogP contribution in [0, 0.1) is 5.82 Å². The van der Waals surface area contributed by atoms with Crippen molar-refractivity contribution in [1.29, 1.82) is 0 Å². The molecule has 0 spiro atoms. The third-order valence-electron chi connectivity index (χ3n) is 6.55. The lowest BCUT2D eigenvalue weighted by atomic mass is 10.1. The van der Waals surface area contributed by atoms with E-state index in [9.17, 15) is 23.6 Å². The quantitative estimate of drug-likeness (QED) is 0.288. The highest BCUT2D eigenvalue weighted by atomic mass is 35.5. The zero-order valence-electron chi connectivity index (χ0n) is 21.5. The zero-order chi connectivity index (χ0) is 28.9. The molecule has 1 aromatic heterocycles. The highest BCUT2D eigenvalue weighted by Crippen LogP contribution is 2.31. The zero-order valence-corrected chi connectivity index (χ0v) is 22.3. The number of rotatable bonds is 8. The van der Waals surface area contributed by atoms with Crippen molar-refractivity contribution in [2.24, 2.45) is 0 Å². The molecule has 9 nitrogen and oxygen atoms in total. The number of carbonyl (C=O) groups is 2. The molecular weight excluding hydrogens is 555 g/mol. The standard InChI is InChI=1S/C30H24ClFN2O7/c31-22-13-11-19(12-14-22)17-39-24-15-26(41-25(24)18-40-29(37)21-9-5-2-6-10-21)33-16-23(32)28(36)34(30(33)38)27(35)20-7-3-1-4-8-20/h1-14,16,24-26H,15,17-18H2/t24-,25+,26+/m0/s1. The van der Waals surface area contributed by atoms with Crippen LogP contribution in [0.25, 0.3) is 0 Å². The van der Waals surface area contributed by atoms with Gasteiger partial charge in [-0.05, 0) is 42.0 Å². The SMILES string of the molecule is O=C(OC[C@H]1O[C@@H](n2cc(F)c(=O)n(C(=O)c3ccccc3)c2=O)C[C@@H]1OCc1ccc(Cl)cc1)c1ccccc1. The number of ether oxygens (including phenoxy) is 3. The van der Waals surface area contributed by atoms with Crippen LogP contribution in [0.1, 0.15) is 38.9 Å². The van der Waals surface area contributed by atoms with Crippen LogP contribution in [0.2, 0.25) is 5.02 Å². The van der Waals surface area contributed by atoms with Crippen molar-refractivity contribution in [2.75, 3.05) is 6.61 Å². The molecule has 0 unspecified atom stereocenters. The lowest BCUT2D eigenvalue weighted by molar-refractivity contribution is -0.0710. The molecular formula is C30H24ClFN2O7. The van der Waals surface area contributed by atoms with Crippen LogP contribution in [0.15, 0.2) is 101 Å². The fourth-order valence-electron chi connectivity index (χ4n) is 4.43. The van der Waals surface area contributed by atoms with Gasteiger partial charge in [-0.2, -0.15) is 8.96 Å². The van der Waals surface area contributed by atoms with Crippen LogP contribution >= 0.6 is 11.6 Å². The largest absolute Gasteiger partial charge is 0.459 e. The van der Waals surface area contributed by atoms with Crippen molar-refractivity contribution in [3.8, 4) is 0 Å².